The van der Waals surface area contributed by atoms with Crippen molar-refractivity contribution in [2.24, 2.45) is 10.8 Å². The van der Waals surface area contributed by atoms with E-state index < -0.39 is 0 Å². The summed E-state index contributed by atoms with van der Waals surface area (Å²) >= 11 is 0. The van der Waals surface area contributed by atoms with E-state index in [9.17, 15) is 14.4 Å². The molecule has 7 heteroatoms. The van der Waals surface area contributed by atoms with E-state index in [1.165, 1.54) is 130 Å². The van der Waals surface area contributed by atoms with Gasteiger partial charge in [-0.1, -0.05) is 142 Å². The molecule has 0 fully saturated rings. The fourth-order valence-electron chi connectivity index (χ4n) is 8.63. The van der Waals surface area contributed by atoms with Crippen molar-refractivity contribution in [3.8, 4) is 0 Å². The number of rotatable bonds is 41. The fraction of sp³-hybridized carbons (Fsp3) is 0.863. The lowest BCUT2D eigenvalue weighted by Gasteiger charge is -2.36. The monoisotopic (exact) mass is 818 g/mol. The molecule has 58 heavy (non-hydrogen) atoms. The van der Waals surface area contributed by atoms with Crippen LogP contribution in [-0.2, 0) is 28.6 Å². The highest BCUT2D eigenvalue weighted by atomic mass is 16.5. The lowest BCUT2D eigenvalue weighted by Crippen LogP contribution is -2.34. The molecular formula is C51H95NO6. The fourth-order valence-corrected chi connectivity index (χ4v) is 8.63. The van der Waals surface area contributed by atoms with Crippen LogP contribution >= 0.6 is 0 Å². The van der Waals surface area contributed by atoms with Gasteiger partial charge in [-0.25, -0.2) is 0 Å². The molecule has 0 atom stereocenters. The topological polar surface area (TPSA) is 82.1 Å². The second-order valence-electron chi connectivity index (χ2n) is 19.1. The first-order valence-corrected chi connectivity index (χ1v) is 24.1. The zero-order valence-electron chi connectivity index (χ0n) is 39.6. The van der Waals surface area contributed by atoms with Gasteiger partial charge >= 0.3 is 17.9 Å². The van der Waals surface area contributed by atoms with Crippen molar-refractivity contribution in [3.05, 3.63) is 24.3 Å². The standard InChI is InChI=1S/C51H95NO6/c1-50(2,44-51(3,4)45-52(5)6)43-49(55)58-46(39-35-31-27-23-19-15-11-9-13-17-21-25-29-33-37-41-47(53)56-7)40-36-32-28-24-20-16-12-10-14-18-22-26-30-34-38-42-48(54)57-8/h9-10,13-14,46H,11-12,15-45H2,1-8H3/b13-9-,14-10-. The van der Waals surface area contributed by atoms with Crippen LogP contribution in [0.1, 0.15) is 233 Å². The second kappa shape index (κ2) is 37.8. The van der Waals surface area contributed by atoms with Gasteiger partial charge in [-0.05, 0) is 121 Å². The van der Waals surface area contributed by atoms with Crippen LogP contribution in [0.2, 0.25) is 0 Å². The smallest absolute Gasteiger partial charge is 0.306 e. The van der Waals surface area contributed by atoms with Crippen molar-refractivity contribution in [1.29, 1.82) is 0 Å². The summed E-state index contributed by atoms with van der Waals surface area (Å²) in [5.41, 5.74) is 0.0519. The Morgan fingerprint density at radius 3 is 1.14 bits per heavy atom. The van der Waals surface area contributed by atoms with Gasteiger partial charge in [0.1, 0.15) is 6.10 Å². The first-order chi connectivity index (χ1) is 27.8. The minimum atomic E-state index is -0.0930. The number of carbonyl (C=O) groups excluding carboxylic acids is 3. The average Bonchev–Trinajstić information content (AvgIpc) is 3.15. The van der Waals surface area contributed by atoms with E-state index >= 15 is 0 Å². The molecule has 0 aliphatic rings. The number of nitrogens with zero attached hydrogens (tertiary/aromatic N) is 1. The first kappa shape index (κ1) is 55.9. The van der Waals surface area contributed by atoms with Crippen LogP contribution in [-0.4, -0.2) is 63.8 Å². The Morgan fingerprint density at radius 2 is 0.793 bits per heavy atom. The van der Waals surface area contributed by atoms with Crippen LogP contribution in [0.4, 0.5) is 0 Å². The molecule has 0 amide bonds. The number of carbonyl (C=O) groups is 3. The molecule has 0 spiro atoms. The summed E-state index contributed by atoms with van der Waals surface area (Å²) in [4.78, 5) is 37.9. The lowest BCUT2D eigenvalue weighted by atomic mass is 9.73. The molecule has 0 aliphatic heterocycles. The molecule has 340 valence electrons. The Labute approximate surface area is 359 Å². The summed E-state index contributed by atoms with van der Waals surface area (Å²) in [6.45, 7) is 10.1. The van der Waals surface area contributed by atoms with Crippen molar-refractivity contribution in [3.63, 3.8) is 0 Å². The van der Waals surface area contributed by atoms with E-state index in [-0.39, 0.29) is 34.8 Å². The largest absolute Gasteiger partial charge is 0.469 e. The zero-order valence-corrected chi connectivity index (χ0v) is 39.6. The normalized spacial score (nSPS) is 12.4. The summed E-state index contributed by atoms with van der Waals surface area (Å²) in [7, 11) is 7.17. The second-order valence-corrected chi connectivity index (χ2v) is 19.1. The minimum Gasteiger partial charge on any atom is -0.469 e. The highest BCUT2D eigenvalue weighted by Gasteiger charge is 2.32. The summed E-state index contributed by atoms with van der Waals surface area (Å²) in [5, 5.41) is 0. The van der Waals surface area contributed by atoms with Crippen molar-refractivity contribution in [2.75, 3.05) is 34.9 Å². The van der Waals surface area contributed by atoms with Gasteiger partial charge in [0, 0.05) is 19.4 Å². The maximum Gasteiger partial charge on any atom is 0.306 e. The molecular weight excluding hydrogens is 723 g/mol. The van der Waals surface area contributed by atoms with Crippen molar-refractivity contribution in [1.82, 2.24) is 4.90 Å². The molecule has 0 unspecified atom stereocenters. The van der Waals surface area contributed by atoms with Crippen LogP contribution in [0.3, 0.4) is 0 Å². The molecule has 0 bridgehead atoms. The molecule has 0 radical (unpaired) electrons. The highest BCUT2D eigenvalue weighted by molar-refractivity contribution is 5.70. The van der Waals surface area contributed by atoms with Crippen molar-refractivity contribution < 1.29 is 28.6 Å². The van der Waals surface area contributed by atoms with Gasteiger partial charge in [0.25, 0.3) is 0 Å². The summed E-state index contributed by atoms with van der Waals surface area (Å²) in [5.74, 6) is -0.197. The van der Waals surface area contributed by atoms with Crippen LogP contribution in [0.15, 0.2) is 24.3 Å². The Kier molecular flexibility index (Phi) is 36.4. The summed E-state index contributed by atoms with van der Waals surface area (Å²) in [6.07, 6.45) is 45.2. The zero-order chi connectivity index (χ0) is 43.2. The third-order valence-corrected chi connectivity index (χ3v) is 11.2. The van der Waals surface area contributed by atoms with Gasteiger partial charge in [0.15, 0.2) is 0 Å². The third-order valence-electron chi connectivity index (χ3n) is 11.2. The first-order valence-electron chi connectivity index (χ1n) is 24.1. The van der Waals surface area contributed by atoms with E-state index in [1.54, 1.807) is 0 Å². The van der Waals surface area contributed by atoms with Crippen LogP contribution in [0.5, 0.6) is 0 Å². The maximum absolute atomic E-state index is 13.3. The van der Waals surface area contributed by atoms with Crippen LogP contribution in [0, 0.1) is 10.8 Å². The van der Waals surface area contributed by atoms with Crippen LogP contribution in [0.25, 0.3) is 0 Å². The van der Waals surface area contributed by atoms with E-state index in [0.29, 0.717) is 19.3 Å². The van der Waals surface area contributed by atoms with E-state index in [0.717, 1.165) is 77.2 Å². The summed E-state index contributed by atoms with van der Waals surface area (Å²) < 4.78 is 15.7. The molecule has 0 heterocycles. The van der Waals surface area contributed by atoms with Gasteiger partial charge in [0.2, 0.25) is 0 Å². The maximum atomic E-state index is 13.3. The van der Waals surface area contributed by atoms with Gasteiger partial charge in [0.05, 0.1) is 20.6 Å². The Balaban J connectivity index is 4.37. The lowest BCUT2D eigenvalue weighted by molar-refractivity contribution is -0.152. The predicted octanol–water partition coefficient (Wildman–Crippen LogP) is 14.5. The summed E-state index contributed by atoms with van der Waals surface area (Å²) in [6, 6.07) is 0. The van der Waals surface area contributed by atoms with E-state index in [2.05, 4.69) is 71.0 Å². The predicted molar refractivity (Wildman–Crippen MR) is 246 cm³/mol. The quantitative estimate of drug-likeness (QED) is 0.0263. The van der Waals surface area contributed by atoms with E-state index in [1.807, 2.05) is 0 Å². The number of methoxy groups -OCH3 is 2. The third kappa shape index (κ3) is 39.3. The average molecular weight is 818 g/mol. The molecule has 0 rings (SSSR count). The number of hydrogen-bond acceptors (Lipinski definition) is 7. The molecule has 0 aliphatic carbocycles. The van der Waals surface area contributed by atoms with E-state index in [4.69, 9.17) is 14.2 Å². The Hall–Kier alpha value is -2.15. The number of allylic oxidation sites excluding steroid dienone is 4. The molecule has 0 saturated heterocycles. The van der Waals surface area contributed by atoms with Crippen LogP contribution < -0.4 is 0 Å². The molecule has 0 aromatic carbocycles. The van der Waals surface area contributed by atoms with Crippen molar-refractivity contribution >= 4 is 17.9 Å². The van der Waals surface area contributed by atoms with Gasteiger partial charge in [-0.3, -0.25) is 14.4 Å². The molecule has 0 saturated carbocycles. The number of hydrogen-bond donors (Lipinski definition) is 0. The van der Waals surface area contributed by atoms with Gasteiger partial charge in [-0.2, -0.15) is 0 Å². The molecule has 0 N–H and O–H groups in total. The molecule has 0 aromatic rings. The molecule has 0 aromatic heterocycles. The van der Waals surface area contributed by atoms with Crippen molar-refractivity contribution in [2.45, 2.75) is 239 Å². The molecule has 7 nitrogen and oxygen atoms in total. The number of esters is 3. The minimum absolute atomic E-state index is 0.0111. The highest BCUT2D eigenvalue weighted by Crippen LogP contribution is 2.37. The SMILES string of the molecule is COC(=O)CCCCCCC/C=C\CCCCCCCCC(CCCCCCCC/C=C\CCCCCCCC(=O)OC)OC(=O)CC(C)(C)CC(C)(C)CN(C)C. The van der Waals surface area contributed by atoms with Gasteiger partial charge < -0.3 is 19.1 Å². The number of ether oxygens (including phenoxy) is 3. The number of unbranched alkanes of at least 4 members (excludes halogenated alkanes) is 22. The van der Waals surface area contributed by atoms with Gasteiger partial charge in [-0.15, -0.1) is 0 Å². The Morgan fingerprint density at radius 1 is 0.466 bits per heavy atom. The Bertz CT molecular complexity index is 992.